The maximum Gasteiger partial charge on any atom is 0.392 e. The summed E-state index contributed by atoms with van der Waals surface area (Å²) in [5.41, 5.74) is 0.337. The molecule has 140 valence electrons. The van der Waals surface area contributed by atoms with Gasteiger partial charge < -0.3 is 4.74 Å². The highest BCUT2D eigenvalue weighted by molar-refractivity contribution is 5.79. The molecule has 0 spiro atoms. The third-order valence-electron chi connectivity index (χ3n) is 3.90. The number of carbonyl (C=O) groups is 1. The summed E-state index contributed by atoms with van der Waals surface area (Å²) >= 11 is 0. The third-order valence-corrected chi connectivity index (χ3v) is 3.90. The first-order valence-corrected chi connectivity index (χ1v) is 8.09. The summed E-state index contributed by atoms with van der Waals surface area (Å²) in [6.07, 6.45) is -6.19. The number of ether oxygens (including phenoxy) is 1. The van der Waals surface area contributed by atoms with Gasteiger partial charge in [0, 0.05) is 5.39 Å². The minimum Gasteiger partial charge on any atom is -0.456 e. The van der Waals surface area contributed by atoms with E-state index < -0.39 is 31.2 Å². The van der Waals surface area contributed by atoms with Gasteiger partial charge in [0.05, 0.1) is 18.1 Å². The van der Waals surface area contributed by atoms with E-state index in [9.17, 15) is 22.8 Å². The van der Waals surface area contributed by atoms with Crippen molar-refractivity contribution in [2.45, 2.75) is 25.2 Å². The van der Waals surface area contributed by atoms with Crippen molar-refractivity contribution >= 4 is 16.9 Å². The molecule has 27 heavy (non-hydrogen) atoms. The first-order chi connectivity index (χ1) is 12.8. The Morgan fingerprint density at radius 3 is 2.44 bits per heavy atom. The molecule has 1 unspecified atom stereocenters. The van der Waals surface area contributed by atoms with Crippen LogP contribution in [0.15, 0.2) is 65.6 Å². The van der Waals surface area contributed by atoms with Crippen molar-refractivity contribution in [1.29, 1.82) is 0 Å². The Bertz CT molecular complexity index is 1000. The van der Waals surface area contributed by atoms with Gasteiger partial charge in [-0.2, -0.15) is 18.3 Å². The highest BCUT2D eigenvalue weighted by Crippen LogP contribution is 2.32. The highest BCUT2D eigenvalue weighted by Gasteiger charge is 2.34. The molecule has 1 aromatic heterocycles. The molecule has 2 aromatic carbocycles. The van der Waals surface area contributed by atoms with Gasteiger partial charge in [-0.3, -0.25) is 14.3 Å². The Balaban J connectivity index is 1.83. The minimum absolute atomic E-state index is 0.251. The largest absolute Gasteiger partial charge is 0.456 e. The van der Waals surface area contributed by atoms with Crippen LogP contribution in [-0.4, -0.2) is 21.9 Å². The lowest BCUT2D eigenvalue weighted by Crippen LogP contribution is -2.23. The Morgan fingerprint density at radius 1 is 1.07 bits per heavy atom. The molecule has 8 heteroatoms. The van der Waals surface area contributed by atoms with E-state index in [1.807, 2.05) is 0 Å². The number of carbonyl (C=O) groups excluding carboxylic acids is 1. The molecular weight excluding hydrogens is 361 g/mol. The summed E-state index contributed by atoms with van der Waals surface area (Å²) < 4.78 is 45.0. The van der Waals surface area contributed by atoms with Crippen molar-refractivity contribution in [3.05, 3.63) is 76.6 Å². The van der Waals surface area contributed by atoms with E-state index in [-0.39, 0.29) is 11.0 Å². The molecule has 0 saturated carbocycles. The zero-order chi connectivity index (χ0) is 19.4. The second kappa shape index (κ2) is 7.61. The molecule has 1 atom stereocenters. The fourth-order valence-corrected chi connectivity index (χ4v) is 2.71. The smallest absolute Gasteiger partial charge is 0.392 e. The van der Waals surface area contributed by atoms with Gasteiger partial charge in [-0.1, -0.05) is 42.5 Å². The van der Waals surface area contributed by atoms with E-state index in [1.165, 1.54) is 16.8 Å². The number of nitrogens with zero attached hydrogens (tertiary/aromatic N) is 2. The van der Waals surface area contributed by atoms with Crippen LogP contribution in [0.5, 0.6) is 0 Å². The van der Waals surface area contributed by atoms with E-state index in [0.717, 1.165) is 6.20 Å². The number of esters is 1. The standard InChI is InChI=1S/C19H15F3N2O3/c20-19(21,22)10-17(13-6-2-1-3-7-13)27-18(26)12-24-15-9-5-4-8-14(15)16(25)11-23-24/h1-9,11,17H,10,12H2. The van der Waals surface area contributed by atoms with Crippen LogP contribution in [0, 0.1) is 0 Å². The molecule has 0 radical (unpaired) electrons. The molecule has 0 aliphatic heterocycles. The van der Waals surface area contributed by atoms with Gasteiger partial charge in [-0.05, 0) is 17.7 Å². The van der Waals surface area contributed by atoms with E-state index >= 15 is 0 Å². The van der Waals surface area contributed by atoms with E-state index in [0.29, 0.717) is 10.9 Å². The van der Waals surface area contributed by atoms with Gasteiger partial charge >= 0.3 is 12.1 Å². The molecule has 0 amide bonds. The van der Waals surface area contributed by atoms with Crippen molar-refractivity contribution < 1.29 is 22.7 Å². The third kappa shape index (κ3) is 4.72. The Hall–Kier alpha value is -3.16. The predicted octanol–water partition coefficient (Wildman–Crippen LogP) is 3.63. The summed E-state index contributed by atoms with van der Waals surface area (Å²) in [7, 11) is 0. The van der Waals surface area contributed by atoms with Crippen LogP contribution >= 0.6 is 0 Å². The Kier molecular flexibility index (Phi) is 5.25. The number of hydrogen-bond acceptors (Lipinski definition) is 4. The van der Waals surface area contributed by atoms with E-state index in [1.54, 1.807) is 42.5 Å². The number of para-hydroxylation sites is 1. The summed E-state index contributed by atoms with van der Waals surface area (Å²) in [6, 6.07) is 14.3. The fourth-order valence-electron chi connectivity index (χ4n) is 2.71. The molecule has 3 aromatic rings. The summed E-state index contributed by atoms with van der Waals surface area (Å²) in [5, 5.41) is 4.24. The minimum atomic E-state index is -4.50. The average molecular weight is 376 g/mol. The zero-order valence-corrected chi connectivity index (χ0v) is 14.0. The number of alkyl halides is 3. The summed E-state index contributed by atoms with van der Waals surface area (Å²) in [6.45, 7) is -0.415. The lowest BCUT2D eigenvalue weighted by Gasteiger charge is -2.20. The van der Waals surface area contributed by atoms with Gasteiger partial charge in [0.2, 0.25) is 5.43 Å². The summed E-state index contributed by atoms with van der Waals surface area (Å²) in [5.74, 6) is -0.880. The van der Waals surface area contributed by atoms with Crippen LogP contribution in [0.1, 0.15) is 18.1 Å². The number of halogens is 3. The SMILES string of the molecule is O=C(Cn1ncc(=O)c2ccccc21)OC(CC(F)(F)F)c1ccccc1. The number of hydrogen-bond donors (Lipinski definition) is 0. The van der Waals surface area contributed by atoms with Crippen LogP contribution in [0.2, 0.25) is 0 Å². The van der Waals surface area contributed by atoms with Crippen molar-refractivity contribution in [3.63, 3.8) is 0 Å². The maximum absolute atomic E-state index is 12.9. The van der Waals surface area contributed by atoms with Gasteiger partial charge in [0.25, 0.3) is 0 Å². The van der Waals surface area contributed by atoms with Crippen molar-refractivity contribution in [1.82, 2.24) is 9.78 Å². The molecular formula is C19H15F3N2O3. The number of rotatable bonds is 5. The van der Waals surface area contributed by atoms with Crippen LogP contribution < -0.4 is 5.43 Å². The Morgan fingerprint density at radius 2 is 1.74 bits per heavy atom. The quantitative estimate of drug-likeness (QED) is 0.638. The molecule has 0 fully saturated rings. The van der Waals surface area contributed by atoms with E-state index in [4.69, 9.17) is 4.74 Å². The Labute approximate surface area is 152 Å². The van der Waals surface area contributed by atoms with Gasteiger partial charge in [0.1, 0.15) is 12.6 Å². The first kappa shape index (κ1) is 18.6. The maximum atomic E-state index is 12.9. The molecule has 3 rings (SSSR count). The number of fused-ring (bicyclic) bond motifs is 1. The molecule has 5 nitrogen and oxygen atoms in total. The molecule has 1 heterocycles. The van der Waals surface area contributed by atoms with Gasteiger partial charge in [-0.15, -0.1) is 0 Å². The topological polar surface area (TPSA) is 61.2 Å². The average Bonchev–Trinajstić information content (AvgIpc) is 2.63. The molecule has 0 N–H and O–H groups in total. The zero-order valence-electron chi connectivity index (χ0n) is 14.0. The molecule has 0 bridgehead atoms. The molecule has 0 aliphatic rings. The highest BCUT2D eigenvalue weighted by atomic mass is 19.4. The van der Waals surface area contributed by atoms with Crippen LogP contribution in [-0.2, 0) is 16.1 Å². The van der Waals surface area contributed by atoms with Crippen molar-refractivity contribution in [3.8, 4) is 0 Å². The normalized spacial score (nSPS) is 12.7. The molecule has 0 saturated heterocycles. The van der Waals surface area contributed by atoms with Crippen LogP contribution in [0.3, 0.4) is 0 Å². The van der Waals surface area contributed by atoms with Crippen LogP contribution in [0.4, 0.5) is 13.2 Å². The second-order valence-corrected chi connectivity index (χ2v) is 5.89. The van der Waals surface area contributed by atoms with Crippen molar-refractivity contribution in [2.75, 3.05) is 0 Å². The van der Waals surface area contributed by atoms with E-state index in [2.05, 4.69) is 5.10 Å². The van der Waals surface area contributed by atoms with Crippen LogP contribution in [0.25, 0.3) is 10.9 Å². The first-order valence-electron chi connectivity index (χ1n) is 8.09. The lowest BCUT2D eigenvalue weighted by molar-refractivity contribution is -0.174. The van der Waals surface area contributed by atoms with Gasteiger partial charge in [0.15, 0.2) is 0 Å². The fraction of sp³-hybridized carbons (Fsp3) is 0.211. The monoisotopic (exact) mass is 376 g/mol. The number of benzene rings is 2. The number of aromatic nitrogens is 2. The predicted molar refractivity (Wildman–Crippen MR) is 92.0 cm³/mol. The lowest BCUT2D eigenvalue weighted by atomic mass is 10.1. The molecule has 0 aliphatic carbocycles. The summed E-state index contributed by atoms with van der Waals surface area (Å²) in [4.78, 5) is 24.1. The van der Waals surface area contributed by atoms with Gasteiger partial charge in [-0.25, -0.2) is 0 Å². The van der Waals surface area contributed by atoms with Crippen molar-refractivity contribution in [2.24, 2.45) is 0 Å². The second-order valence-electron chi connectivity index (χ2n) is 5.89.